The molecule has 1 aromatic carbocycles. The zero-order chi connectivity index (χ0) is 14.5. The van der Waals surface area contributed by atoms with Gasteiger partial charge in [0.15, 0.2) is 0 Å². The van der Waals surface area contributed by atoms with E-state index in [0.29, 0.717) is 19.4 Å². The number of methoxy groups -OCH3 is 1. The predicted molar refractivity (Wildman–Crippen MR) is 76.3 cm³/mol. The van der Waals surface area contributed by atoms with Gasteiger partial charge >= 0.3 is 5.97 Å². The van der Waals surface area contributed by atoms with Crippen LogP contribution >= 0.6 is 0 Å². The largest absolute Gasteiger partial charge is 0.467 e. The Morgan fingerprint density at radius 2 is 1.95 bits per heavy atom. The Kier molecular flexibility index (Phi) is 4.77. The number of likely N-dealkylation sites (tertiary alicyclic amines) is 1. The minimum absolute atomic E-state index is 0.00366. The highest BCUT2D eigenvalue weighted by molar-refractivity contribution is 5.86. The van der Waals surface area contributed by atoms with Crippen LogP contribution in [0.5, 0.6) is 0 Å². The van der Waals surface area contributed by atoms with Crippen molar-refractivity contribution >= 4 is 11.9 Å². The van der Waals surface area contributed by atoms with Crippen LogP contribution in [0.25, 0.3) is 0 Å². The van der Waals surface area contributed by atoms with Crippen LogP contribution in [0.2, 0.25) is 0 Å². The Labute approximate surface area is 119 Å². The van der Waals surface area contributed by atoms with Gasteiger partial charge in [0, 0.05) is 6.54 Å². The standard InChI is InChI=1S/C16H21NO3/c1-12-6-8-13(9-7-12)11-15(18)17-10-4-3-5-14(17)16(19)20-2/h6-9,14H,3-5,10-11H2,1-2H3/t14-/m1/s1. The summed E-state index contributed by atoms with van der Waals surface area (Å²) < 4.78 is 4.80. The number of carbonyl (C=O) groups is 2. The molecule has 1 heterocycles. The summed E-state index contributed by atoms with van der Waals surface area (Å²) in [6, 6.07) is 7.51. The summed E-state index contributed by atoms with van der Waals surface area (Å²) in [5.41, 5.74) is 2.15. The van der Waals surface area contributed by atoms with E-state index in [1.807, 2.05) is 31.2 Å². The summed E-state index contributed by atoms with van der Waals surface area (Å²) >= 11 is 0. The maximum atomic E-state index is 12.4. The lowest BCUT2D eigenvalue weighted by Crippen LogP contribution is -2.49. The number of rotatable bonds is 3. The Bertz CT molecular complexity index is 481. The van der Waals surface area contributed by atoms with Crippen molar-refractivity contribution < 1.29 is 14.3 Å². The van der Waals surface area contributed by atoms with E-state index in [0.717, 1.165) is 18.4 Å². The number of aryl methyl sites for hydroxylation is 1. The van der Waals surface area contributed by atoms with Crippen molar-refractivity contribution in [3.05, 3.63) is 35.4 Å². The van der Waals surface area contributed by atoms with E-state index in [9.17, 15) is 9.59 Å². The Morgan fingerprint density at radius 1 is 1.25 bits per heavy atom. The molecule has 0 saturated carbocycles. The second-order valence-electron chi connectivity index (χ2n) is 5.28. The van der Waals surface area contributed by atoms with Crippen molar-refractivity contribution in [2.24, 2.45) is 0 Å². The van der Waals surface area contributed by atoms with E-state index in [-0.39, 0.29) is 11.9 Å². The first kappa shape index (κ1) is 14.6. The molecule has 1 aliphatic rings. The molecule has 1 fully saturated rings. The molecule has 1 aromatic rings. The number of hydrogen-bond acceptors (Lipinski definition) is 3. The predicted octanol–water partition coefficient (Wildman–Crippen LogP) is 2.09. The number of ether oxygens (including phenoxy) is 1. The van der Waals surface area contributed by atoms with E-state index in [1.54, 1.807) is 4.90 Å². The third-order valence-electron chi connectivity index (χ3n) is 3.77. The molecule has 0 radical (unpaired) electrons. The number of hydrogen-bond donors (Lipinski definition) is 0. The lowest BCUT2D eigenvalue weighted by molar-refractivity contribution is -0.154. The fraction of sp³-hybridized carbons (Fsp3) is 0.500. The molecule has 1 amide bonds. The number of carbonyl (C=O) groups excluding carboxylic acids is 2. The number of amides is 1. The van der Waals surface area contributed by atoms with Gasteiger partial charge in [0.2, 0.25) is 5.91 Å². The molecule has 4 nitrogen and oxygen atoms in total. The van der Waals surface area contributed by atoms with Crippen molar-refractivity contribution in [1.82, 2.24) is 4.90 Å². The molecule has 0 spiro atoms. The lowest BCUT2D eigenvalue weighted by atomic mass is 10.0. The maximum Gasteiger partial charge on any atom is 0.328 e. The number of nitrogens with zero attached hydrogens (tertiary/aromatic N) is 1. The van der Waals surface area contributed by atoms with Gasteiger partial charge in [-0.1, -0.05) is 29.8 Å². The Hall–Kier alpha value is -1.84. The van der Waals surface area contributed by atoms with Crippen LogP contribution in [0.15, 0.2) is 24.3 Å². The van der Waals surface area contributed by atoms with Crippen LogP contribution in [0.1, 0.15) is 30.4 Å². The normalized spacial score (nSPS) is 18.7. The fourth-order valence-corrected chi connectivity index (χ4v) is 2.59. The highest BCUT2D eigenvalue weighted by Gasteiger charge is 2.32. The number of benzene rings is 1. The molecule has 20 heavy (non-hydrogen) atoms. The summed E-state index contributed by atoms with van der Waals surface area (Å²) in [4.78, 5) is 25.8. The molecule has 0 unspecified atom stereocenters. The van der Waals surface area contributed by atoms with Crippen LogP contribution in [-0.2, 0) is 20.7 Å². The van der Waals surface area contributed by atoms with Crippen LogP contribution < -0.4 is 0 Å². The van der Waals surface area contributed by atoms with Gasteiger partial charge in [-0.3, -0.25) is 4.79 Å². The van der Waals surface area contributed by atoms with Gasteiger partial charge in [0.1, 0.15) is 6.04 Å². The van der Waals surface area contributed by atoms with E-state index < -0.39 is 6.04 Å². The van der Waals surface area contributed by atoms with Gasteiger partial charge < -0.3 is 9.64 Å². The third-order valence-corrected chi connectivity index (χ3v) is 3.77. The highest BCUT2D eigenvalue weighted by Crippen LogP contribution is 2.19. The maximum absolute atomic E-state index is 12.4. The molecule has 0 N–H and O–H groups in total. The zero-order valence-electron chi connectivity index (χ0n) is 12.1. The molecular weight excluding hydrogens is 254 g/mol. The second-order valence-corrected chi connectivity index (χ2v) is 5.28. The third kappa shape index (κ3) is 3.38. The van der Waals surface area contributed by atoms with Crippen LogP contribution in [0.3, 0.4) is 0 Å². The molecule has 0 bridgehead atoms. The van der Waals surface area contributed by atoms with E-state index in [2.05, 4.69) is 0 Å². The Balaban J connectivity index is 2.05. The molecule has 0 aromatic heterocycles. The number of esters is 1. The van der Waals surface area contributed by atoms with E-state index >= 15 is 0 Å². The SMILES string of the molecule is COC(=O)[C@H]1CCCCN1C(=O)Cc1ccc(C)cc1. The average Bonchev–Trinajstić information content (AvgIpc) is 2.48. The molecule has 4 heteroatoms. The van der Waals surface area contributed by atoms with E-state index in [1.165, 1.54) is 12.7 Å². The monoisotopic (exact) mass is 275 g/mol. The topological polar surface area (TPSA) is 46.6 Å². The van der Waals surface area contributed by atoms with Gasteiger partial charge in [-0.05, 0) is 31.7 Å². The quantitative estimate of drug-likeness (QED) is 0.794. The first-order valence-electron chi connectivity index (χ1n) is 7.04. The summed E-state index contributed by atoms with van der Waals surface area (Å²) in [5.74, 6) is -0.300. The highest BCUT2D eigenvalue weighted by atomic mass is 16.5. The van der Waals surface area contributed by atoms with Gasteiger partial charge in [-0.2, -0.15) is 0 Å². The zero-order valence-corrected chi connectivity index (χ0v) is 12.1. The van der Waals surface area contributed by atoms with Crippen molar-refractivity contribution in [1.29, 1.82) is 0 Å². The summed E-state index contributed by atoms with van der Waals surface area (Å²) in [7, 11) is 1.37. The minimum Gasteiger partial charge on any atom is -0.467 e. The van der Waals surface area contributed by atoms with Gasteiger partial charge in [0.05, 0.1) is 13.5 Å². The molecule has 108 valence electrons. The molecular formula is C16H21NO3. The van der Waals surface area contributed by atoms with Crippen molar-refractivity contribution in [3.8, 4) is 0 Å². The summed E-state index contributed by atoms with van der Waals surface area (Å²) in [6.45, 7) is 2.66. The van der Waals surface area contributed by atoms with Gasteiger partial charge in [-0.15, -0.1) is 0 Å². The number of piperidine rings is 1. The fourth-order valence-electron chi connectivity index (χ4n) is 2.59. The van der Waals surface area contributed by atoms with Gasteiger partial charge in [0.25, 0.3) is 0 Å². The first-order valence-corrected chi connectivity index (χ1v) is 7.04. The smallest absolute Gasteiger partial charge is 0.328 e. The molecule has 0 aliphatic carbocycles. The lowest BCUT2D eigenvalue weighted by Gasteiger charge is -2.33. The molecule has 1 saturated heterocycles. The van der Waals surface area contributed by atoms with Crippen LogP contribution in [0, 0.1) is 6.92 Å². The first-order chi connectivity index (χ1) is 9.61. The summed E-state index contributed by atoms with van der Waals surface area (Å²) in [5, 5.41) is 0. The van der Waals surface area contributed by atoms with Crippen LogP contribution in [-0.4, -0.2) is 36.5 Å². The summed E-state index contributed by atoms with van der Waals surface area (Å²) in [6.07, 6.45) is 2.96. The van der Waals surface area contributed by atoms with Crippen molar-refractivity contribution in [2.45, 2.75) is 38.6 Å². The average molecular weight is 275 g/mol. The molecule has 1 aliphatic heterocycles. The van der Waals surface area contributed by atoms with Crippen molar-refractivity contribution in [2.75, 3.05) is 13.7 Å². The molecule has 2 rings (SSSR count). The van der Waals surface area contributed by atoms with E-state index in [4.69, 9.17) is 4.74 Å². The molecule has 1 atom stereocenters. The second kappa shape index (κ2) is 6.55. The van der Waals surface area contributed by atoms with Crippen molar-refractivity contribution in [3.63, 3.8) is 0 Å². The minimum atomic E-state index is -0.410. The van der Waals surface area contributed by atoms with Gasteiger partial charge in [-0.25, -0.2) is 4.79 Å². The van der Waals surface area contributed by atoms with Crippen LogP contribution in [0.4, 0.5) is 0 Å². The Morgan fingerprint density at radius 3 is 2.60 bits per heavy atom.